The minimum atomic E-state index is 0.0562. The summed E-state index contributed by atoms with van der Waals surface area (Å²) in [6.07, 6.45) is 0. The van der Waals surface area contributed by atoms with Gasteiger partial charge in [0, 0.05) is 19.2 Å². The number of hydrogen-bond donors (Lipinski definition) is 0. The molecular formula is C16H14BrIO. The average molecular weight is 429 g/mol. The van der Waals surface area contributed by atoms with E-state index in [-0.39, 0.29) is 5.78 Å². The van der Waals surface area contributed by atoms with Crippen LogP contribution < -0.4 is 0 Å². The van der Waals surface area contributed by atoms with Crippen molar-refractivity contribution in [1.29, 1.82) is 0 Å². The first-order valence-electron chi connectivity index (χ1n) is 6.08. The van der Waals surface area contributed by atoms with Gasteiger partial charge in [-0.05, 0) is 52.3 Å². The molecule has 0 aliphatic rings. The van der Waals surface area contributed by atoms with Crippen molar-refractivity contribution in [1.82, 2.24) is 0 Å². The van der Waals surface area contributed by atoms with Gasteiger partial charge in [0.2, 0.25) is 0 Å². The van der Waals surface area contributed by atoms with Crippen LogP contribution in [0.5, 0.6) is 0 Å². The minimum Gasteiger partial charge on any atom is -0.289 e. The fraction of sp³-hybridized carbons (Fsp3) is 0.188. The van der Waals surface area contributed by atoms with Crippen molar-refractivity contribution in [2.75, 3.05) is 0 Å². The zero-order chi connectivity index (χ0) is 14.0. The third kappa shape index (κ3) is 3.45. The third-order valence-corrected chi connectivity index (χ3v) is 4.38. The van der Waals surface area contributed by atoms with E-state index in [1.165, 1.54) is 5.56 Å². The molecule has 0 saturated carbocycles. The van der Waals surface area contributed by atoms with Crippen LogP contribution in [0.1, 0.15) is 41.3 Å². The van der Waals surface area contributed by atoms with Crippen LogP contribution in [-0.2, 0) is 0 Å². The minimum absolute atomic E-state index is 0.0562. The number of rotatable bonds is 3. The highest BCUT2D eigenvalue weighted by Gasteiger charge is 2.13. The van der Waals surface area contributed by atoms with Crippen molar-refractivity contribution in [3.05, 3.63) is 67.2 Å². The summed E-state index contributed by atoms with van der Waals surface area (Å²) in [5.41, 5.74) is 2.69. The number of carbonyl (C=O) groups excluding carboxylic acids is 1. The van der Waals surface area contributed by atoms with Crippen LogP contribution in [0.25, 0.3) is 0 Å². The fourth-order valence-electron chi connectivity index (χ4n) is 1.85. The predicted octanol–water partition coefficient (Wildman–Crippen LogP) is 5.41. The van der Waals surface area contributed by atoms with Crippen molar-refractivity contribution in [3.63, 3.8) is 0 Å². The molecule has 1 nitrogen and oxygen atoms in total. The molecule has 3 heteroatoms. The van der Waals surface area contributed by atoms with Crippen molar-refractivity contribution in [2.45, 2.75) is 19.8 Å². The van der Waals surface area contributed by atoms with Gasteiger partial charge in [0.25, 0.3) is 0 Å². The molecule has 0 aliphatic carbocycles. The number of carbonyl (C=O) groups is 1. The van der Waals surface area contributed by atoms with Crippen molar-refractivity contribution >= 4 is 44.3 Å². The summed E-state index contributed by atoms with van der Waals surface area (Å²) in [6, 6.07) is 13.7. The zero-order valence-corrected chi connectivity index (χ0v) is 14.5. The number of ketones is 1. The molecule has 0 bridgehead atoms. The van der Waals surface area contributed by atoms with E-state index in [1.54, 1.807) is 0 Å². The molecule has 0 spiro atoms. The number of benzene rings is 2. The molecule has 0 aliphatic heterocycles. The Morgan fingerprint density at radius 2 is 1.74 bits per heavy atom. The Labute approximate surface area is 135 Å². The molecule has 0 fully saturated rings. The van der Waals surface area contributed by atoms with E-state index in [4.69, 9.17) is 0 Å². The molecule has 0 amide bonds. The Kier molecular flexibility index (Phi) is 4.79. The average Bonchev–Trinajstić information content (AvgIpc) is 2.41. The highest BCUT2D eigenvalue weighted by Crippen LogP contribution is 2.23. The third-order valence-electron chi connectivity index (χ3n) is 3.01. The monoisotopic (exact) mass is 428 g/mol. The molecule has 0 unspecified atom stereocenters. The van der Waals surface area contributed by atoms with Crippen LogP contribution in [0.2, 0.25) is 0 Å². The maximum atomic E-state index is 12.5. The van der Waals surface area contributed by atoms with Gasteiger partial charge in [0.15, 0.2) is 5.78 Å². The van der Waals surface area contributed by atoms with Gasteiger partial charge in [-0.2, -0.15) is 0 Å². The predicted molar refractivity (Wildman–Crippen MR) is 90.8 cm³/mol. The summed E-state index contributed by atoms with van der Waals surface area (Å²) in [7, 11) is 0. The lowest BCUT2D eigenvalue weighted by molar-refractivity contribution is 0.103. The Balaban J connectivity index is 2.36. The van der Waals surface area contributed by atoms with E-state index >= 15 is 0 Å². The van der Waals surface area contributed by atoms with E-state index in [2.05, 4.69) is 52.4 Å². The summed E-state index contributed by atoms with van der Waals surface area (Å²) in [4.78, 5) is 12.5. The highest BCUT2D eigenvalue weighted by molar-refractivity contribution is 14.1. The van der Waals surface area contributed by atoms with Gasteiger partial charge >= 0.3 is 0 Å². The van der Waals surface area contributed by atoms with Crippen LogP contribution in [-0.4, -0.2) is 5.78 Å². The SMILES string of the molecule is CC(C)c1ccc(C(=O)c2cc(I)ccc2Br)cc1. The number of halogens is 2. The van der Waals surface area contributed by atoms with E-state index in [0.29, 0.717) is 11.5 Å². The largest absolute Gasteiger partial charge is 0.289 e. The van der Waals surface area contributed by atoms with E-state index in [1.807, 2.05) is 42.5 Å². The Bertz CT molecular complexity index is 603. The second-order valence-corrected chi connectivity index (χ2v) is 6.83. The highest BCUT2D eigenvalue weighted by atomic mass is 127. The maximum Gasteiger partial charge on any atom is 0.194 e. The van der Waals surface area contributed by atoms with Gasteiger partial charge < -0.3 is 0 Å². The summed E-state index contributed by atoms with van der Waals surface area (Å²) < 4.78 is 1.90. The van der Waals surface area contributed by atoms with Crippen LogP contribution >= 0.6 is 38.5 Å². The number of hydrogen-bond acceptors (Lipinski definition) is 1. The van der Waals surface area contributed by atoms with Gasteiger partial charge in [0.1, 0.15) is 0 Å². The van der Waals surface area contributed by atoms with Gasteiger partial charge in [-0.1, -0.05) is 54.0 Å². The van der Waals surface area contributed by atoms with Crippen LogP contribution in [0.15, 0.2) is 46.9 Å². The molecule has 0 N–H and O–H groups in total. The van der Waals surface area contributed by atoms with Gasteiger partial charge in [-0.25, -0.2) is 0 Å². The topological polar surface area (TPSA) is 17.1 Å². The molecule has 0 radical (unpaired) electrons. The molecule has 0 aromatic heterocycles. The first-order chi connectivity index (χ1) is 8.99. The maximum absolute atomic E-state index is 12.5. The van der Waals surface area contributed by atoms with Gasteiger partial charge in [-0.3, -0.25) is 4.79 Å². The van der Waals surface area contributed by atoms with Gasteiger partial charge in [0.05, 0.1) is 0 Å². The quantitative estimate of drug-likeness (QED) is 0.472. The lowest BCUT2D eigenvalue weighted by Crippen LogP contribution is -2.03. The van der Waals surface area contributed by atoms with Crippen molar-refractivity contribution < 1.29 is 4.79 Å². The molecule has 2 aromatic carbocycles. The summed E-state index contributed by atoms with van der Waals surface area (Å²) in [5.74, 6) is 0.536. The molecular weight excluding hydrogens is 415 g/mol. The van der Waals surface area contributed by atoms with Crippen molar-refractivity contribution in [2.24, 2.45) is 0 Å². The van der Waals surface area contributed by atoms with E-state index in [0.717, 1.165) is 13.6 Å². The van der Waals surface area contributed by atoms with E-state index < -0.39 is 0 Å². The molecule has 0 saturated heterocycles. The Morgan fingerprint density at radius 1 is 1.11 bits per heavy atom. The molecule has 19 heavy (non-hydrogen) atoms. The van der Waals surface area contributed by atoms with E-state index in [9.17, 15) is 4.79 Å². The standard InChI is InChI=1S/C16H14BrIO/c1-10(2)11-3-5-12(6-4-11)16(19)14-9-13(18)7-8-15(14)17/h3-10H,1-2H3. The summed E-state index contributed by atoms with van der Waals surface area (Å²) >= 11 is 5.66. The molecule has 0 heterocycles. The zero-order valence-electron chi connectivity index (χ0n) is 10.8. The molecule has 98 valence electrons. The molecule has 2 aromatic rings. The lowest BCUT2D eigenvalue weighted by atomic mass is 9.98. The first kappa shape index (κ1) is 14.7. The Morgan fingerprint density at radius 3 is 2.32 bits per heavy atom. The van der Waals surface area contributed by atoms with Crippen LogP contribution in [0, 0.1) is 3.57 Å². The smallest absolute Gasteiger partial charge is 0.194 e. The van der Waals surface area contributed by atoms with Crippen LogP contribution in [0.4, 0.5) is 0 Å². The molecule has 2 rings (SSSR count). The second kappa shape index (κ2) is 6.18. The fourth-order valence-corrected chi connectivity index (χ4v) is 2.76. The molecule has 0 atom stereocenters. The lowest BCUT2D eigenvalue weighted by Gasteiger charge is -2.08. The summed E-state index contributed by atoms with van der Waals surface area (Å²) in [5, 5.41) is 0. The Hall–Kier alpha value is -0.680. The van der Waals surface area contributed by atoms with Gasteiger partial charge in [-0.15, -0.1) is 0 Å². The second-order valence-electron chi connectivity index (χ2n) is 4.73. The first-order valence-corrected chi connectivity index (χ1v) is 7.96. The van der Waals surface area contributed by atoms with Crippen LogP contribution in [0.3, 0.4) is 0 Å². The summed E-state index contributed by atoms with van der Waals surface area (Å²) in [6.45, 7) is 4.29. The van der Waals surface area contributed by atoms with Crippen molar-refractivity contribution in [3.8, 4) is 0 Å². The normalized spacial score (nSPS) is 10.8.